The van der Waals surface area contributed by atoms with E-state index in [9.17, 15) is 14.4 Å². The van der Waals surface area contributed by atoms with Crippen molar-refractivity contribution in [3.63, 3.8) is 0 Å². The number of hydrogen-bond donors (Lipinski definition) is 0. The van der Waals surface area contributed by atoms with Crippen LogP contribution < -0.4 is 0 Å². The molecule has 462 valence electrons. The average molecular weight is 1110 g/mol. The molecule has 0 aromatic carbocycles. The van der Waals surface area contributed by atoms with Crippen molar-refractivity contribution in [2.24, 2.45) is 0 Å². The lowest BCUT2D eigenvalue weighted by molar-refractivity contribution is -0.167. The Hall–Kier alpha value is -2.63. The van der Waals surface area contributed by atoms with Crippen LogP contribution in [0.15, 0.2) is 48.6 Å². The first-order chi connectivity index (χ1) is 39.0. The third kappa shape index (κ3) is 66.1. The van der Waals surface area contributed by atoms with E-state index in [2.05, 4.69) is 69.4 Å². The second kappa shape index (κ2) is 67.9. The predicted molar refractivity (Wildman–Crippen MR) is 344 cm³/mol. The van der Waals surface area contributed by atoms with Crippen LogP contribution in [0, 0.1) is 0 Å². The lowest BCUT2D eigenvalue weighted by atomic mass is 10.0. The Bertz CT molecular complexity index is 1360. The van der Waals surface area contributed by atoms with E-state index in [-0.39, 0.29) is 31.1 Å². The van der Waals surface area contributed by atoms with Crippen molar-refractivity contribution in [2.45, 2.75) is 386 Å². The van der Waals surface area contributed by atoms with Crippen molar-refractivity contribution >= 4 is 17.9 Å². The quantitative estimate of drug-likeness (QED) is 0.0261. The van der Waals surface area contributed by atoms with Gasteiger partial charge in [-0.1, -0.05) is 326 Å². The summed E-state index contributed by atoms with van der Waals surface area (Å²) in [6, 6.07) is 0. The maximum atomic E-state index is 12.9. The standard InChI is InChI=1S/C73H134O6/c1-4-7-10-13-16-18-20-22-24-26-28-29-30-31-32-33-34-35-36-37-38-39-40-41-42-43-45-46-48-50-52-54-57-60-63-66-72(75)78-69-70(68-77-71(74)65-62-59-56-15-12-9-6-3)79-73(76)67-64-61-58-55-53-51-49-47-44-27-25-23-21-19-17-14-11-8-5-2/h17,19-20,22-23,25-26,28,70H,4-16,18,21,24,27,29-69H2,1-3H3/b19-17-,22-20-,25-23-,28-26-. The first-order valence-corrected chi connectivity index (χ1v) is 35.1. The molecule has 0 aliphatic heterocycles. The van der Waals surface area contributed by atoms with E-state index in [0.29, 0.717) is 19.3 Å². The number of carbonyl (C=O) groups is 3. The Morgan fingerprint density at radius 1 is 0.253 bits per heavy atom. The molecule has 0 N–H and O–H groups in total. The van der Waals surface area contributed by atoms with Crippen LogP contribution >= 0.6 is 0 Å². The summed E-state index contributed by atoms with van der Waals surface area (Å²) in [4.78, 5) is 38.1. The molecule has 0 heterocycles. The van der Waals surface area contributed by atoms with Gasteiger partial charge < -0.3 is 14.2 Å². The molecule has 0 rings (SSSR count). The molecular formula is C73H134O6. The van der Waals surface area contributed by atoms with E-state index in [4.69, 9.17) is 14.2 Å². The largest absolute Gasteiger partial charge is 0.462 e. The molecule has 0 amide bonds. The van der Waals surface area contributed by atoms with Gasteiger partial charge in [0.15, 0.2) is 6.10 Å². The fourth-order valence-electron chi connectivity index (χ4n) is 10.5. The van der Waals surface area contributed by atoms with Crippen molar-refractivity contribution in [3.8, 4) is 0 Å². The predicted octanol–water partition coefficient (Wildman–Crippen LogP) is 24.1. The Morgan fingerprint density at radius 3 is 0.722 bits per heavy atom. The SMILES string of the molecule is CCCCC/C=C\C/C=C\CCCCCCCCCCCC(=O)OC(COC(=O)CCCCCCCCC)COC(=O)CCCCCCCCCCCCCCCCCCCCCCCCC/C=C\C/C=C\CCCCCCC. The normalized spacial score (nSPS) is 12.3. The van der Waals surface area contributed by atoms with E-state index in [1.54, 1.807) is 0 Å². The summed E-state index contributed by atoms with van der Waals surface area (Å²) in [5, 5.41) is 0. The number of ether oxygens (including phenoxy) is 3. The number of carbonyl (C=O) groups excluding carboxylic acids is 3. The van der Waals surface area contributed by atoms with Gasteiger partial charge in [-0.2, -0.15) is 0 Å². The Balaban J connectivity index is 3.95. The third-order valence-electron chi connectivity index (χ3n) is 15.8. The zero-order chi connectivity index (χ0) is 57.1. The number of allylic oxidation sites excluding steroid dienone is 8. The Labute approximate surface area is 492 Å². The lowest BCUT2D eigenvalue weighted by Crippen LogP contribution is -2.30. The van der Waals surface area contributed by atoms with Gasteiger partial charge in [-0.05, 0) is 83.5 Å². The number of esters is 3. The molecule has 0 fully saturated rings. The minimum absolute atomic E-state index is 0.0698. The third-order valence-corrected chi connectivity index (χ3v) is 15.8. The number of unbranched alkanes of at least 4 members (excludes halogenated alkanes) is 46. The van der Waals surface area contributed by atoms with Crippen LogP contribution in [0.5, 0.6) is 0 Å². The summed E-state index contributed by atoms with van der Waals surface area (Å²) in [5.41, 5.74) is 0. The van der Waals surface area contributed by atoms with Gasteiger partial charge in [-0.3, -0.25) is 14.4 Å². The van der Waals surface area contributed by atoms with Crippen molar-refractivity contribution in [1.82, 2.24) is 0 Å². The van der Waals surface area contributed by atoms with Crippen molar-refractivity contribution < 1.29 is 28.6 Å². The minimum Gasteiger partial charge on any atom is -0.462 e. The smallest absolute Gasteiger partial charge is 0.306 e. The number of hydrogen-bond acceptors (Lipinski definition) is 6. The Kier molecular flexibility index (Phi) is 65.6. The molecule has 0 saturated heterocycles. The lowest BCUT2D eigenvalue weighted by Gasteiger charge is -2.18. The minimum atomic E-state index is -0.770. The molecule has 1 unspecified atom stereocenters. The van der Waals surface area contributed by atoms with Gasteiger partial charge in [0.2, 0.25) is 0 Å². The first kappa shape index (κ1) is 76.4. The second-order valence-corrected chi connectivity index (χ2v) is 23.8. The van der Waals surface area contributed by atoms with Crippen molar-refractivity contribution in [1.29, 1.82) is 0 Å². The highest BCUT2D eigenvalue weighted by atomic mass is 16.6. The van der Waals surface area contributed by atoms with Gasteiger partial charge in [-0.15, -0.1) is 0 Å². The van der Waals surface area contributed by atoms with Gasteiger partial charge >= 0.3 is 17.9 Å². The summed E-state index contributed by atoms with van der Waals surface area (Å²) in [6.07, 6.45) is 86.1. The molecule has 0 saturated carbocycles. The van der Waals surface area contributed by atoms with Crippen LogP contribution in [0.2, 0.25) is 0 Å². The second-order valence-electron chi connectivity index (χ2n) is 23.8. The molecular weight excluding hydrogens is 973 g/mol. The number of rotatable bonds is 65. The molecule has 0 aromatic heterocycles. The fraction of sp³-hybridized carbons (Fsp3) is 0.849. The molecule has 0 aliphatic carbocycles. The molecule has 0 spiro atoms. The van der Waals surface area contributed by atoms with Gasteiger partial charge in [0.25, 0.3) is 0 Å². The highest BCUT2D eigenvalue weighted by molar-refractivity contribution is 5.71. The zero-order valence-electron chi connectivity index (χ0n) is 53.2. The summed E-state index contributed by atoms with van der Waals surface area (Å²) in [6.45, 7) is 6.61. The topological polar surface area (TPSA) is 78.9 Å². The monoisotopic (exact) mass is 1110 g/mol. The van der Waals surface area contributed by atoms with Gasteiger partial charge in [0.1, 0.15) is 13.2 Å². The van der Waals surface area contributed by atoms with Crippen LogP contribution in [0.3, 0.4) is 0 Å². The highest BCUT2D eigenvalue weighted by Gasteiger charge is 2.19. The van der Waals surface area contributed by atoms with Gasteiger partial charge in [0.05, 0.1) is 0 Å². The summed E-state index contributed by atoms with van der Waals surface area (Å²) < 4.78 is 16.9. The van der Waals surface area contributed by atoms with E-state index in [0.717, 1.165) is 70.6 Å². The summed E-state index contributed by atoms with van der Waals surface area (Å²) in [7, 11) is 0. The van der Waals surface area contributed by atoms with Crippen LogP contribution in [-0.4, -0.2) is 37.2 Å². The molecule has 0 aromatic rings. The molecule has 6 heteroatoms. The maximum absolute atomic E-state index is 12.9. The van der Waals surface area contributed by atoms with Gasteiger partial charge in [0, 0.05) is 19.3 Å². The van der Waals surface area contributed by atoms with E-state index in [1.807, 2.05) is 0 Å². The van der Waals surface area contributed by atoms with Crippen LogP contribution in [0.4, 0.5) is 0 Å². The maximum Gasteiger partial charge on any atom is 0.306 e. The average Bonchev–Trinajstić information content (AvgIpc) is 3.45. The highest BCUT2D eigenvalue weighted by Crippen LogP contribution is 2.18. The van der Waals surface area contributed by atoms with E-state index >= 15 is 0 Å². The zero-order valence-corrected chi connectivity index (χ0v) is 53.2. The van der Waals surface area contributed by atoms with E-state index < -0.39 is 6.10 Å². The van der Waals surface area contributed by atoms with Crippen LogP contribution in [0.25, 0.3) is 0 Å². The van der Waals surface area contributed by atoms with Crippen molar-refractivity contribution in [3.05, 3.63) is 48.6 Å². The van der Waals surface area contributed by atoms with Crippen molar-refractivity contribution in [2.75, 3.05) is 13.2 Å². The molecule has 1 atom stereocenters. The Morgan fingerprint density at radius 2 is 0.456 bits per heavy atom. The fourth-order valence-corrected chi connectivity index (χ4v) is 10.5. The summed E-state index contributed by atoms with van der Waals surface area (Å²) in [5.74, 6) is -0.859. The van der Waals surface area contributed by atoms with Crippen LogP contribution in [0.1, 0.15) is 380 Å². The first-order valence-electron chi connectivity index (χ1n) is 35.1. The molecule has 0 aliphatic rings. The molecule has 79 heavy (non-hydrogen) atoms. The van der Waals surface area contributed by atoms with Gasteiger partial charge in [-0.25, -0.2) is 0 Å². The molecule has 6 nitrogen and oxygen atoms in total. The molecule has 0 radical (unpaired) electrons. The van der Waals surface area contributed by atoms with Crippen LogP contribution in [-0.2, 0) is 28.6 Å². The van der Waals surface area contributed by atoms with E-state index in [1.165, 1.54) is 270 Å². The summed E-state index contributed by atoms with van der Waals surface area (Å²) >= 11 is 0. The molecule has 0 bridgehead atoms.